The lowest BCUT2D eigenvalue weighted by molar-refractivity contribution is -0.123. The number of amides is 2. The fraction of sp³-hybridized carbons (Fsp3) is 0.263. The van der Waals surface area contributed by atoms with E-state index in [0.29, 0.717) is 41.9 Å². The molecule has 0 atom stereocenters. The highest BCUT2D eigenvalue weighted by Gasteiger charge is 2.09. The van der Waals surface area contributed by atoms with E-state index in [9.17, 15) is 9.59 Å². The number of carbonyl (C=O) groups excluding carboxylic acids is 2. The summed E-state index contributed by atoms with van der Waals surface area (Å²) in [6.45, 7) is 3.20. The van der Waals surface area contributed by atoms with E-state index in [-0.39, 0.29) is 6.61 Å². The number of halogens is 1. The van der Waals surface area contributed by atoms with Crippen molar-refractivity contribution in [2.75, 3.05) is 26.4 Å². The lowest BCUT2D eigenvalue weighted by Gasteiger charge is -2.10. The Morgan fingerprint density at radius 1 is 0.963 bits per heavy atom. The van der Waals surface area contributed by atoms with Gasteiger partial charge in [-0.15, -0.1) is 0 Å². The van der Waals surface area contributed by atoms with Crippen molar-refractivity contribution < 1.29 is 23.8 Å². The van der Waals surface area contributed by atoms with Crippen LogP contribution in [0.1, 0.15) is 17.3 Å². The zero-order valence-corrected chi connectivity index (χ0v) is 15.6. The van der Waals surface area contributed by atoms with Gasteiger partial charge in [0.25, 0.3) is 11.8 Å². The van der Waals surface area contributed by atoms with E-state index in [1.165, 1.54) is 0 Å². The third-order valence-corrected chi connectivity index (χ3v) is 3.64. The van der Waals surface area contributed by atoms with Crippen molar-refractivity contribution in [1.29, 1.82) is 0 Å². The van der Waals surface area contributed by atoms with Gasteiger partial charge in [0.05, 0.1) is 11.6 Å². The maximum absolute atomic E-state index is 12.0. The molecule has 0 aliphatic rings. The van der Waals surface area contributed by atoms with E-state index in [1.807, 2.05) is 6.92 Å². The molecule has 7 nitrogen and oxygen atoms in total. The highest BCUT2D eigenvalue weighted by molar-refractivity contribution is 6.32. The van der Waals surface area contributed by atoms with Gasteiger partial charge in [-0.05, 0) is 43.3 Å². The van der Waals surface area contributed by atoms with Crippen LogP contribution in [0.2, 0.25) is 5.02 Å². The van der Waals surface area contributed by atoms with Crippen LogP contribution in [0.4, 0.5) is 0 Å². The molecule has 2 rings (SSSR count). The largest absolute Gasteiger partial charge is 0.491 e. The Morgan fingerprint density at radius 2 is 1.70 bits per heavy atom. The van der Waals surface area contributed by atoms with Gasteiger partial charge in [-0.1, -0.05) is 23.7 Å². The van der Waals surface area contributed by atoms with E-state index in [2.05, 4.69) is 10.9 Å². The number of hydrazine groups is 1. The predicted molar refractivity (Wildman–Crippen MR) is 101 cm³/mol. The molecule has 0 bridgehead atoms. The zero-order chi connectivity index (χ0) is 19.5. The van der Waals surface area contributed by atoms with Gasteiger partial charge in [0.1, 0.15) is 18.1 Å². The molecule has 27 heavy (non-hydrogen) atoms. The van der Waals surface area contributed by atoms with Gasteiger partial charge >= 0.3 is 0 Å². The standard InChI is InChI=1S/C19H21ClN2O5/c1-2-25-11-12-26-15-9-7-14(8-10-15)19(24)22-21-18(23)13-27-17-6-4-3-5-16(17)20/h3-10H,2,11-13H2,1H3,(H,21,23)(H,22,24). The van der Waals surface area contributed by atoms with Gasteiger partial charge in [-0.2, -0.15) is 0 Å². The third-order valence-electron chi connectivity index (χ3n) is 3.33. The van der Waals surface area contributed by atoms with E-state index >= 15 is 0 Å². The predicted octanol–water partition coefficient (Wildman–Crippen LogP) is 2.60. The van der Waals surface area contributed by atoms with Crippen molar-refractivity contribution in [2.45, 2.75) is 6.92 Å². The van der Waals surface area contributed by atoms with E-state index in [4.69, 9.17) is 25.8 Å². The number of rotatable bonds is 9. The van der Waals surface area contributed by atoms with Crippen LogP contribution < -0.4 is 20.3 Å². The molecule has 0 aliphatic heterocycles. The first-order valence-corrected chi connectivity index (χ1v) is 8.75. The number of hydrogen-bond acceptors (Lipinski definition) is 5. The summed E-state index contributed by atoms with van der Waals surface area (Å²) >= 11 is 5.93. The van der Waals surface area contributed by atoms with Crippen LogP contribution in [0, 0.1) is 0 Å². The van der Waals surface area contributed by atoms with Crippen LogP contribution in [-0.2, 0) is 9.53 Å². The summed E-state index contributed by atoms with van der Waals surface area (Å²) in [5.41, 5.74) is 4.97. The first-order chi connectivity index (χ1) is 13.1. The van der Waals surface area contributed by atoms with Crippen molar-refractivity contribution in [3.05, 3.63) is 59.1 Å². The second kappa shape index (κ2) is 11.1. The smallest absolute Gasteiger partial charge is 0.276 e. The summed E-state index contributed by atoms with van der Waals surface area (Å²) in [5.74, 6) is 0.0464. The number of carbonyl (C=O) groups is 2. The zero-order valence-electron chi connectivity index (χ0n) is 14.9. The molecular weight excluding hydrogens is 372 g/mol. The number of hydrogen-bond donors (Lipinski definition) is 2. The van der Waals surface area contributed by atoms with Crippen LogP contribution in [0.3, 0.4) is 0 Å². The molecule has 0 saturated heterocycles. The summed E-state index contributed by atoms with van der Waals surface area (Å²) in [5, 5.41) is 0.401. The lowest BCUT2D eigenvalue weighted by Crippen LogP contribution is -2.43. The SMILES string of the molecule is CCOCCOc1ccc(C(=O)NNC(=O)COc2ccccc2Cl)cc1. The average molecular weight is 393 g/mol. The molecule has 0 aromatic heterocycles. The van der Waals surface area contributed by atoms with Gasteiger partial charge in [0.15, 0.2) is 6.61 Å². The molecule has 2 aromatic carbocycles. The maximum atomic E-state index is 12.0. The van der Waals surface area contributed by atoms with Gasteiger partial charge in [0.2, 0.25) is 0 Å². The van der Waals surface area contributed by atoms with Crippen LogP contribution in [0.15, 0.2) is 48.5 Å². The van der Waals surface area contributed by atoms with Crippen LogP contribution >= 0.6 is 11.6 Å². The van der Waals surface area contributed by atoms with Gasteiger partial charge in [-0.25, -0.2) is 0 Å². The van der Waals surface area contributed by atoms with Crippen LogP contribution in [0.5, 0.6) is 11.5 Å². The van der Waals surface area contributed by atoms with Crippen molar-refractivity contribution in [1.82, 2.24) is 10.9 Å². The summed E-state index contributed by atoms with van der Waals surface area (Å²) < 4.78 is 15.9. The first-order valence-electron chi connectivity index (χ1n) is 8.37. The van der Waals surface area contributed by atoms with Crippen molar-refractivity contribution in [2.24, 2.45) is 0 Å². The van der Waals surface area contributed by atoms with Crippen molar-refractivity contribution in [3.63, 3.8) is 0 Å². The molecular formula is C19H21ClN2O5. The molecule has 0 fully saturated rings. The quantitative estimate of drug-likeness (QED) is 0.506. The molecule has 0 saturated carbocycles. The number of ether oxygens (including phenoxy) is 3. The minimum atomic E-state index is -0.515. The van der Waals surface area contributed by atoms with Crippen LogP contribution in [0.25, 0.3) is 0 Å². The average Bonchev–Trinajstić information content (AvgIpc) is 2.69. The van der Waals surface area contributed by atoms with Gasteiger partial charge < -0.3 is 14.2 Å². The molecule has 2 aromatic rings. The highest BCUT2D eigenvalue weighted by atomic mass is 35.5. The highest BCUT2D eigenvalue weighted by Crippen LogP contribution is 2.22. The first kappa shape index (κ1) is 20.5. The fourth-order valence-electron chi connectivity index (χ4n) is 2.01. The van der Waals surface area contributed by atoms with Crippen molar-refractivity contribution >= 4 is 23.4 Å². The molecule has 2 amide bonds. The van der Waals surface area contributed by atoms with E-state index < -0.39 is 11.8 Å². The molecule has 144 valence electrons. The summed E-state index contributed by atoms with van der Waals surface area (Å²) in [7, 11) is 0. The summed E-state index contributed by atoms with van der Waals surface area (Å²) in [4.78, 5) is 23.8. The van der Waals surface area contributed by atoms with E-state index in [0.717, 1.165) is 0 Å². The third kappa shape index (κ3) is 7.16. The normalized spacial score (nSPS) is 10.1. The Bertz CT molecular complexity index is 752. The summed E-state index contributed by atoms with van der Waals surface area (Å²) in [6.07, 6.45) is 0. The Balaban J connectivity index is 1.73. The molecule has 0 aliphatic carbocycles. The van der Waals surface area contributed by atoms with Gasteiger partial charge in [0, 0.05) is 12.2 Å². The maximum Gasteiger partial charge on any atom is 0.276 e. The van der Waals surface area contributed by atoms with Crippen LogP contribution in [-0.4, -0.2) is 38.2 Å². The molecule has 8 heteroatoms. The monoisotopic (exact) mass is 392 g/mol. The minimum Gasteiger partial charge on any atom is -0.491 e. The molecule has 0 heterocycles. The molecule has 2 N–H and O–H groups in total. The fourth-order valence-corrected chi connectivity index (χ4v) is 2.20. The van der Waals surface area contributed by atoms with Gasteiger partial charge in [-0.3, -0.25) is 20.4 Å². The second-order valence-electron chi connectivity index (χ2n) is 5.29. The topological polar surface area (TPSA) is 85.9 Å². The lowest BCUT2D eigenvalue weighted by atomic mass is 10.2. The van der Waals surface area contributed by atoms with Crippen molar-refractivity contribution in [3.8, 4) is 11.5 Å². The molecule has 0 unspecified atom stereocenters. The number of benzene rings is 2. The minimum absolute atomic E-state index is 0.281. The Labute approximate surface area is 162 Å². The number of nitrogens with one attached hydrogen (secondary N) is 2. The Hall–Kier alpha value is -2.77. The Kier molecular flexibility index (Phi) is 8.41. The molecule has 0 radical (unpaired) electrons. The number of para-hydroxylation sites is 1. The summed E-state index contributed by atoms with van der Waals surface area (Å²) in [6, 6.07) is 13.3. The second-order valence-corrected chi connectivity index (χ2v) is 5.70. The molecule has 0 spiro atoms. The van der Waals surface area contributed by atoms with E-state index in [1.54, 1.807) is 48.5 Å². The Morgan fingerprint density at radius 3 is 2.41 bits per heavy atom.